The average Bonchev–Trinajstić information content (AvgIpc) is 2.30. The van der Waals surface area contributed by atoms with Crippen LogP contribution >= 0.6 is 0 Å². The Labute approximate surface area is 114 Å². The second-order valence-corrected chi connectivity index (χ2v) is 4.90. The predicted molar refractivity (Wildman–Crippen MR) is 73.1 cm³/mol. The summed E-state index contributed by atoms with van der Waals surface area (Å²) in [4.78, 5) is 25.9. The number of carboxylic acid groups (broad SMARTS) is 1. The van der Waals surface area contributed by atoms with Crippen molar-refractivity contribution < 1.29 is 14.7 Å². The Morgan fingerprint density at radius 3 is 2.58 bits per heavy atom. The number of hydrogen-bond acceptors (Lipinski definition) is 3. The molecule has 0 aromatic carbocycles. The monoisotopic (exact) mass is 269 g/mol. The standard InChI is InChI=1S/C13H23N3O3/c1-4-6-15(3)13(19)14-10-7-11(8-10)16(5-2)9-12(17)18/h4,10-11H,1,5-9H2,2-3H3,(H,14,19)(H,17,18). The highest BCUT2D eigenvalue weighted by molar-refractivity contribution is 5.74. The van der Waals surface area contributed by atoms with E-state index in [-0.39, 0.29) is 24.7 Å². The summed E-state index contributed by atoms with van der Waals surface area (Å²) >= 11 is 0. The molecule has 1 aliphatic carbocycles. The molecule has 0 heterocycles. The first-order valence-electron chi connectivity index (χ1n) is 6.56. The zero-order valence-corrected chi connectivity index (χ0v) is 11.6. The number of hydrogen-bond donors (Lipinski definition) is 2. The highest BCUT2D eigenvalue weighted by Crippen LogP contribution is 2.25. The highest BCUT2D eigenvalue weighted by atomic mass is 16.4. The number of carboxylic acids is 1. The van der Waals surface area contributed by atoms with Crippen LogP contribution in [0, 0.1) is 0 Å². The molecule has 1 fully saturated rings. The Hall–Kier alpha value is -1.56. The maximum atomic E-state index is 11.7. The third-order valence-electron chi connectivity index (χ3n) is 3.45. The van der Waals surface area contributed by atoms with Gasteiger partial charge in [-0.2, -0.15) is 0 Å². The summed E-state index contributed by atoms with van der Waals surface area (Å²) in [5.74, 6) is -0.806. The molecule has 1 aliphatic rings. The second-order valence-electron chi connectivity index (χ2n) is 4.90. The molecule has 19 heavy (non-hydrogen) atoms. The van der Waals surface area contributed by atoms with Gasteiger partial charge in [0.1, 0.15) is 0 Å². The van der Waals surface area contributed by atoms with Crippen LogP contribution in [0.2, 0.25) is 0 Å². The van der Waals surface area contributed by atoms with Gasteiger partial charge in [-0.25, -0.2) is 4.79 Å². The lowest BCUT2D eigenvalue weighted by Crippen LogP contribution is -2.56. The van der Waals surface area contributed by atoms with Crippen LogP contribution in [-0.2, 0) is 4.79 Å². The van der Waals surface area contributed by atoms with Crippen LogP contribution in [0.25, 0.3) is 0 Å². The maximum absolute atomic E-state index is 11.7. The number of urea groups is 1. The van der Waals surface area contributed by atoms with Crippen molar-refractivity contribution >= 4 is 12.0 Å². The summed E-state index contributed by atoms with van der Waals surface area (Å²) in [5, 5.41) is 11.7. The molecule has 0 spiro atoms. The molecule has 108 valence electrons. The van der Waals surface area contributed by atoms with Gasteiger partial charge in [0.05, 0.1) is 6.54 Å². The lowest BCUT2D eigenvalue weighted by atomic mass is 9.85. The van der Waals surface area contributed by atoms with Gasteiger partial charge in [0.2, 0.25) is 0 Å². The molecule has 2 N–H and O–H groups in total. The fourth-order valence-electron chi connectivity index (χ4n) is 2.24. The Bertz CT molecular complexity index is 340. The summed E-state index contributed by atoms with van der Waals surface area (Å²) in [7, 11) is 1.72. The smallest absolute Gasteiger partial charge is 0.317 e. The molecule has 6 heteroatoms. The van der Waals surface area contributed by atoms with Crippen molar-refractivity contribution in [3.63, 3.8) is 0 Å². The van der Waals surface area contributed by atoms with Gasteiger partial charge in [-0.15, -0.1) is 6.58 Å². The normalized spacial score (nSPS) is 21.6. The number of nitrogens with one attached hydrogen (secondary N) is 1. The number of rotatable bonds is 7. The molecule has 0 radical (unpaired) electrons. The number of carbonyl (C=O) groups excluding carboxylic acids is 1. The van der Waals surface area contributed by atoms with E-state index in [0.29, 0.717) is 13.1 Å². The van der Waals surface area contributed by atoms with Crippen LogP contribution in [0.3, 0.4) is 0 Å². The topological polar surface area (TPSA) is 72.9 Å². The SMILES string of the molecule is C=CCN(C)C(=O)NC1CC(N(CC)CC(=O)O)C1. The molecule has 6 nitrogen and oxygen atoms in total. The maximum Gasteiger partial charge on any atom is 0.317 e. The van der Waals surface area contributed by atoms with Crippen LogP contribution < -0.4 is 5.32 Å². The van der Waals surface area contributed by atoms with E-state index in [1.54, 1.807) is 18.0 Å². The lowest BCUT2D eigenvalue weighted by Gasteiger charge is -2.42. The van der Waals surface area contributed by atoms with Crippen LogP contribution in [0.1, 0.15) is 19.8 Å². The van der Waals surface area contributed by atoms with Crippen molar-refractivity contribution in [1.29, 1.82) is 0 Å². The molecule has 0 bridgehead atoms. The minimum Gasteiger partial charge on any atom is -0.480 e. The van der Waals surface area contributed by atoms with Gasteiger partial charge in [0.15, 0.2) is 0 Å². The zero-order valence-electron chi connectivity index (χ0n) is 11.6. The van der Waals surface area contributed by atoms with E-state index in [4.69, 9.17) is 5.11 Å². The minimum absolute atomic E-state index is 0.0677. The lowest BCUT2D eigenvalue weighted by molar-refractivity contribution is -0.139. The number of nitrogens with zero attached hydrogens (tertiary/aromatic N) is 2. The second kappa shape index (κ2) is 7.13. The minimum atomic E-state index is -0.806. The molecule has 0 atom stereocenters. The van der Waals surface area contributed by atoms with Gasteiger partial charge >= 0.3 is 12.0 Å². The van der Waals surface area contributed by atoms with Gasteiger partial charge in [0, 0.05) is 25.7 Å². The summed E-state index contributed by atoms with van der Waals surface area (Å²) in [6, 6.07) is 0.299. The summed E-state index contributed by atoms with van der Waals surface area (Å²) in [6.07, 6.45) is 3.30. The van der Waals surface area contributed by atoms with Gasteiger partial charge in [-0.3, -0.25) is 9.69 Å². The van der Waals surface area contributed by atoms with E-state index in [1.807, 2.05) is 11.8 Å². The van der Waals surface area contributed by atoms with Crippen LogP contribution in [-0.4, -0.2) is 65.7 Å². The quantitative estimate of drug-likeness (QED) is 0.669. The predicted octanol–water partition coefficient (Wildman–Crippen LogP) is 0.751. The number of carbonyl (C=O) groups is 2. The molecule has 0 aliphatic heterocycles. The first kappa shape index (κ1) is 15.5. The fraction of sp³-hybridized carbons (Fsp3) is 0.692. The molecule has 0 aromatic rings. The number of aliphatic carboxylic acids is 1. The first-order valence-corrected chi connectivity index (χ1v) is 6.56. The summed E-state index contributed by atoms with van der Waals surface area (Å²) < 4.78 is 0. The average molecular weight is 269 g/mol. The Morgan fingerprint density at radius 2 is 2.11 bits per heavy atom. The molecule has 1 saturated carbocycles. The first-order chi connectivity index (χ1) is 8.97. The van der Waals surface area contributed by atoms with Crippen LogP contribution in [0.5, 0.6) is 0 Å². The van der Waals surface area contributed by atoms with E-state index in [1.165, 1.54) is 0 Å². The fourth-order valence-corrected chi connectivity index (χ4v) is 2.24. The van der Waals surface area contributed by atoms with Crippen LogP contribution in [0.15, 0.2) is 12.7 Å². The van der Waals surface area contributed by atoms with Crippen molar-refractivity contribution in [2.45, 2.75) is 31.8 Å². The Morgan fingerprint density at radius 1 is 1.47 bits per heavy atom. The van der Waals surface area contributed by atoms with E-state index in [2.05, 4.69) is 11.9 Å². The number of amides is 2. The third-order valence-corrected chi connectivity index (χ3v) is 3.45. The van der Waals surface area contributed by atoms with E-state index >= 15 is 0 Å². The molecule has 1 rings (SSSR count). The van der Waals surface area contributed by atoms with Gasteiger partial charge in [-0.05, 0) is 19.4 Å². The molecule has 0 aromatic heterocycles. The van der Waals surface area contributed by atoms with Crippen molar-refractivity contribution in [2.24, 2.45) is 0 Å². The van der Waals surface area contributed by atoms with Gasteiger partial charge in [-0.1, -0.05) is 13.0 Å². The summed E-state index contributed by atoms with van der Waals surface area (Å²) in [6.45, 7) is 6.84. The molecule has 0 unspecified atom stereocenters. The number of likely N-dealkylation sites (N-methyl/N-ethyl adjacent to an activating group) is 2. The van der Waals surface area contributed by atoms with Gasteiger partial charge in [0.25, 0.3) is 0 Å². The molecule has 0 saturated heterocycles. The highest BCUT2D eigenvalue weighted by Gasteiger charge is 2.34. The third kappa shape index (κ3) is 4.55. The largest absolute Gasteiger partial charge is 0.480 e. The van der Waals surface area contributed by atoms with E-state index in [0.717, 1.165) is 12.8 Å². The molecule has 2 amide bonds. The van der Waals surface area contributed by atoms with E-state index in [9.17, 15) is 9.59 Å². The van der Waals surface area contributed by atoms with Crippen molar-refractivity contribution in [2.75, 3.05) is 26.7 Å². The van der Waals surface area contributed by atoms with Crippen molar-refractivity contribution in [3.8, 4) is 0 Å². The van der Waals surface area contributed by atoms with Crippen molar-refractivity contribution in [1.82, 2.24) is 15.1 Å². The molecular formula is C13H23N3O3. The van der Waals surface area contributed by atoms with Crippen molar-refractivity contribution in [3.05, 3.63) is 12.7 Å². The Balaban J connectivity index is 2.31. The molecular weight excluding hydrogens is 246 g/mol. The Kier molecular flexibility index (Phi) is 5.82. The zero-order chi connectivity index (χ0) is 14.4. The van der Waals surface area contributed by atoms with Crippen LogP contribution in [0.4, 0.5) is 4.79 Å². The summed E-state index contributed by atoms with van der Waals surface area (Å²) in [5.41, 5.74) is 0. The van der Waals surface area contributed by atoms with E-state index < -0.39 is 5.97 Å². The van der Waals surface area contributed by atoms with Gasteiger partial charge < -0.3 is 15.3 Å².